The molecule has 26 heavy (non-hydrogen) atoms. The van der Waals surface area contributed by atoms with E-state index >= 15 is 0 Å². The predicted molar refractivity (Wildman–Crippen MR) is 107 cm³/mol. The van der Waals surface area contributed by atoms with Crippen molar-refractivity contribution >= 4 is 27.6 Å². The fourth-order valence-corrected chi connectivity index (χ4v) is 3.13. The van der Waals surface area contributed by atoms with E-state index in [9.17, 15) is 4.79 Å². The maximum absolute atomic E-state index is 12.2. The number of aromatic amines is 2. The van der Waals surface area contributed by atoms with Crippen LogP contribution in [0.4, 0.5) is 5.82 Å². The molecule has 132 valence electrons. The number of aromatic nitrogens is 3. The highest BCUT2D eigenvalue weighted by Crippen LogP contribution is 2.31. The standard InChI is InChI=1S/C20H21N5O/c1-25(2)10-9-21-18-12-16(15-6-8-22-19(15)24-18)14-4-3-13-5-7-23-20(26)17(13)11-14/h3-8,11-12H,9-10H2,1-2H3,(H,23,26)(H2,21,22,24). The Morgan fingerprint density at radius 2 is 1.88 bits per heavy atom. The van der Waals surface area contributed by atoms with E-state index < -0.39 is 0 Å². The van der Waals surface area contributed by atoms with Gasteiger partial charge in [-0.05, 0) is 54.9 Å². The van der Waals surface area contributed by atoms with Crippen molar-refractivity contribution in [3.05, 3.63) is 59.1 Å². The van der Waals surface area contributed by atoms with Gasteiger partial charge in [0.1, 0.15) is 11.5 Å². The molecule has 4 rings (SSSR count). The van der Waals surface area contributed by atoms with Crippen LogP contribution in [0.3, 0.4) is 0 Å². The van der Waals surface area contributed by atoms with Gasteiger partial charge in [0.05, 0.1) is 0 Å². The number of benzene rings is 1. The molecule has 0 amide bonds. The van der Waals surface area contributed by atoms with Gasteiger partial charge in [0.15, 0.2) is 0 Å². The Hall–Kier alpha value is -3.12. The van der Waals surface area contributed by atoms with E-state index in [1.54, 1.807) is 6.20 Å². The van der Waals surface area contributed by atoms with Crippen LogP contribution in [0.15, 0.2) is 53.6 Å². The normalized spacial score (nSPS) is 11.5. The Kier molecular flexibility index (Phi) is 4.18. The molecule has 0 bridgehead atoms. The van der Waals surface area contributed by atoms with Crippen molar-refractivity contribution in [2.24, 2.45) is 0 Å². The number of hydrogen-bond donors (Lipinski definition) is 3. The predicted octanol–water partition coefficient (Wildman–Crippen LogP) is 3.04. The number of nitrogens with zero attached hydrogens (tertiary/aromatic N) is 2. The molecule has 4 aromatic rings. The van der Waals surface area contributed by atoms with Crippen LogP contribution >= 0.6 is 0 Å². The first-order chi connectivity index (χ1) is 12.6. The number of fused-ring (bicyclic) bond motifs is 2. The summed E-state index contributed by atoms with van der Waals surface area (Å²) in [5.41, 5.74) is 2.80. The second-order valence-electron chi connectivity index (χ2n) is 6.63. The molecule has 6 nitrogen and oxygen atoms in total. The molecule has 3 aromatic heterocycles. The van der Waals surface area contributed by atoms with Crippen molar-refractivity contribution in [1.82, 2.24) is 19.9 Å². The molecule has 0 radical (unpaired) electrons. The smallest absolute Gasteiger partial charge is 0.255 e. The number of hydrogen-bond acceptors (Lipinski definition) is 4. The zero-order chi connectivity index (χ0) is 18.1. The molecule has 0 aliphatic rings. The summed E-state index contributed by atoms with van der Waals surface area (Å²) in [5, 5.41) is 6.03. The lowest BCUT2D eigenvalue weighted by Crippen LogP contribution is -2.21. The molecule has 1 aromatic carbocycles. The molecular formula is C20H21N5O. The van der Waals surface area contributed by atoms with Gasteiger partial charge in [-0.2, -0.15) is 0 Å². The van der Waals surface area contributed by atoms with Crippen LogP contribution in [0.2, 0.25) is 0 Å². The van der Waals surface area contributed by atoms with Crippen LogP contribution in [-0.2, 0) is 0 Å². The average molecular weight is 347 g/mol. The molecule has 0 unspecified atom stereocenters. The van der Waals surface area contributed by atoms with Crippen molar-refractivity contribution in [2.75, 3.05) is 32.5 Å². The van der Waals surface area contributed by atoms with E-state index in [4.69, 9.17) is 0 Å². The summed E-state index contributed by atoms with van der Waals surface area (Å²) in [6, 6.07) is 11.9. The highest BCUT2D eigenvalue weighted by molar-refractivity contribution is 5.97. The fourth-order valence-electron chi connectivity index (χ4n) is 3.13. The van der Waals surface area contributed by atoms with Crippen molar-refractivity contribution in [1.29, 1.82) is 0 Å². The van der Waals surface area contributed by atoms with Gasteiger partial charge in [-0.25, -0.2) is 4.98 Å². The number of nitrogens with one attached hydrogen (secondary N) is 3. The quantitative estimate of drug-likeness (QED) is 0.519. The molecule has 3 heterocycles. The van der Waals surface area contributed by atoms with E-state index in [0.717, 1.165) is 46.5 Å². The molecule has 0 saturated heterocycles. The molecule has 0 spiro atoms. The van der Waals surface area contributed by atoms with E-state index in [2.05, 4.69) is 25.2 Å². The van der Waals surface area contributed by atoms with Crippen LogP contribution in [0, 0.1) is 0 Å². The highest BCUT2D eigenvalue weighted by atomic mass is 16.1. The van der Waals surface area contributed by atoms with Crippen molar-refractivity contribution in [2.45, 2.75) is 0 Å². The largest absolute Gasteiger partial charge is 0.369 e. The average Bonchev–Trinajstić information content (AvgIpc) is 3.09. The van der Waals surface area contributed by atoms with Gasteiger partial charge in [-0.3, -0.25) is 4.79 Å². The number of H-pyrrole nitrogens is 2. The lowest BCUT2D eigenvalue weighted by Gasteiger charge is -2.12. The van der Waals surface area contributed by atoms with Crippen LogP contribution in [-0.4, -0.2) is 47.0 Å². The summed E-state index contributed by atoms with van der Waals surface area (Å²) in [4.78, 5) is 24.9. The van der Waals surface area contributed by atoms with E-state index in [0.29, 0.717) is 5.39 Å². The second-order valence-corrected chi connectivity index (χ2v) is 6.63. The summed E-state index contributed by atoms with van der Waals surface area (Å²) < 4.78 is 0. The molecule has 0 fully saturated rings. The first-order valence-corrected chi connectivity index (χ1v) is 8.60. The highest BCUT2D eigenvalue weighted by Gasteiger charge is 2.10. The third-order valence-corrected chi connectivity index (χ3v) is 4.48. The lowest BCUT2D eigenvalue weighted by atomic mass is 10.0. The zero-order valence-electron chi connectivity index (χ0n) is 14.8. The van der Waals surface area contributed by atoms with E-state index in [-0.39, 0.29) is 5.56 Å². The molecule has 6 heteroatoms. The zero-order valence-corrected chi connectivity index (χ0v) is 14.8. The van der Waals surface area contributed by atoms with Gasteiger partial charge in [0, 0.05) is 36.3 Å². The SMILES string of the molecule is CN(C)CCNc1cc(-c2ccc3cc[nH]c(=O)c3c2)c2cc[nH]c2n1. The van der Waals surface area contributed by atoms with E-state index in [1.165, 1.54) is 0 Å². The summed E-state index contributed by atoms with van der Waals surface area (Å²) >= 11 is 0. The van der Waals surface area contributed by atoms with Gasteiger partial charge in [0.2, 0.25) is 0 Å². The van der Waals surface area contributed by atoms with Crippen molar-refractivity contribution in [3.8, 4) is 11.1 Å². The van der Waals surface area contributed by atoms with E-state index in [1.807, 2.05) is 56.7 Å². The summed E-state index contributed by atoms with van der Waals surface area (Å²) in [6.07, 6.45) is 3.56. The third-order valence-electron chi connectivity index (χ3n) is 4.48. The maximum atomic E-state index is 12.2. The minimum absolute atomic E-state index is 0.0759. The molecule has 0 atom stereocenters. The fraction of sp³-hybridized carbons (Fsp3) is 0.200. The first-order valence-electron chi connectivity index (χ1n) is 8.60. The molecule has 0 saturated carbocycles. The van der Waals surface area contributed by atoms with Gasteiger partial charge < -0.3 is 20.2 Å². The number of rotatable bonds is 5. The number of likely N-dealkylation sites (N-methyl/N-ethyl adjacent to an activating group) is 1. The van der Waals surface area contributed by atoms with Crippen LogP contribution in [0.1, 0.15) is 0 Å². The number of anilines is 1. The van der Waals surface area contributed by atoms with Crippen LogP contribution < -0.4 is 10.9 Å². The Balaban J connectivity index is 1.81. The van der Waals surface area contributed by atoms with Gasteiger partial charge >= 0.3 is 0 Å². The Labute approximate surface area is 150 Å². The van der Waals surface area contributed by atoms with Gasteiger partial charge in [-0.1, -0.05) is 12.1 Å². The number of pyridine rings is 2. The van der Waals surface area contributed by atoms with Crippen molar-refractivity contribution < 1.29 is 0 Å². The van der Waals surface area contributed by atoms with Gasteiger partial charge in [0.25, 0.3) is 5.56 Å². The van der Waals surface area contributed by atoms with Crippen molar-refractivity contribution in [3.63, 3.8) is 0 Å². The molecule has 0 aliphatic carbocycles. The lowest BCUT2D eigenvalue weighted by molar-refractivity contribution is 0.425. The maximum Gasteiger partial charge on any atom is 0.255 e. The first kappa shape index (κ1) is 16.4. The molecule has 3 N–H and O–H groups in total. The topological polar surface area (TPSA) is 76.8 Å². The minimum atomic E-state index is -0.0759. The van der Waals surface area contributed by atoms with Crippen LogP contribution in [0.25, 0.3) is 32.9 Å². The Morgan fingerprint density at radius 1 is 1.04 bits per heavy atom. The minimum Gasteiger partial charge on any atom is -0.369 e. The second kappa shape index (κ2) is 6.65. The van der Waals surface area contributed by atoms with Crippen LogP contribution in [0.5, 0.6) is 0 Å². The summed E-state index contributed by atoms with van der Waals surface area (Å²) in [6.45, 7) is 1.73. The monoisotopic (exact) mass is 347 g/mol. The van der Waals surface area contributed by atoms with Gasteiger partial charge in [-0.15, -0.1) is 0 Å². The third kappa shape index (κ3) is 3.07. The summed E-state index contributed by atoms with van der Waals surface area (Å²) in [5.74, 6) is 0.818. The molecule has 0 aliphatic heterocycles. The Bertz CT molecular complexity index is 1130. The molecular weight excluding hydrogens is 326 g/mol. The summed E-state index contributed by atoms with van der Waals surface area (Å²) in [7, 11) is 4.09. The Morgan fingerprint density at radius 3 is 2.73 bits per heavy atom.